The van der Waals surface area contributed by atoms with Gasteiger partial charge in [0.1, 0.15) is 5.65 Å². The van der Waals surface area contributed by atoms with Gasteiger partial charge < -0.3 is 14.2 Å². The van der Waals surface area contributed by atoms with E-state index in [9.17, 15) is 4.79 Å². The smallest absolute Gasteiger partial charge is 0.228 e. The van der Waals surface area contributed by atoms with Gasteiger partial charge in [-0.2, -0.15) is 5.10 Å². The number of aromatic nitrogens is 4. The molecule has 1 saturated heterocycles. The quantitative estimate of drug-likeness (QED) is 0.709. The van der Waals surface area contributed by atoms with Gasteiger partial charge in [-0.25, -0.2) is 4.98 Å². The Balaban J connectivity index is 1.36. The van der Waals surface area contributed by atoms with Crippen molar-refractivity contribution < 1.29 is 4.79 Å². The first-order valence-electron chi connectivity index (χ1n) is 9.33. The molecule has 1 fully saturated rings. The van der Waals surface area contributed by atoms with Gasteiger partial charge in [0.25, 0.3) is 0 Å². The zero-order chi connectivity index (χ0) is 18.8. The minimum atomic E-state index is 0.150. The van der Waals surface area contributed by atoms with E-state index in [1.165, 1.54) is 0 Å². The highest BCUT2D eigenvalue weighted by atomic mass is 16.2. The number of imidazole rings is 1. The number of carbonyl (C=O) groups is 1. The zero-order valence-corrected chi connectivity index (χ0v) is 15.7. The summed E-state index contributed by atoms with van der Waals surface area (Å²) in [6.45, 7) is 3.56. The number of anilines is 1. The number of carbonyl (C=O) groups excluding carboxylic acids is 1. The minimum Gasteiger partial charge on any atom is -0.355 e. The Labute approximate surface area is 158 Å². The van der Waals surface area contributed by atoms with Crippen LogP contribution < -0.4 is 4.90 Å². The van der Waals surface area contributed by atoms with Gasteiger partial charge in [0, 0.05) is 44.8 Å². The van der Waals surface area contributed by atoms with E-state index in [1.807, 2.05) is 59.9 Å². The molecular weight excluding hydrogens is 340 g/mol. The van der Waals surface area contributed by atoms with Gasteiger partial charge in [-0.3, -0.25) is 4.79 Å². The molecule has 3 aromatic heterocycles. The van der Waals surface area contributed by atoms with Crippen molar-refractivity contribution in [3.8, 4) is 0 Å². The maximum atomic E-state index is 12.7. The Kier molecular flexibility index (Phi) is 4.75. The number of nitrogens with zero attached hydrogens (tertiary/aromatic N) is 6. The highest BCUT2D eigenvalue weighted by molar-refractivity contribution is 5.78. The van der Waals surface area contributed by atoms with Crippen LogP contribution in [0.2, 0.25) is 0 Å². The fraction of sp³-hybridized carbons (Fsp3) is 0.400. The summed E-state index contributed by atoms with van der Waals surface area (Å²) in [5.41, 5.74) is 2.86. The second kappa shape index (κ2) is 7.34. The molecule has 0 aromatic carbocycles. The molecule has 4 heterocycles. The van der Waals surface area contributed by atoms with Crippen LogP contribution in [0.1, 0.15) is 24.1 Å². The molecule has 4 rings (SSSR count). The molecule has 1 aliphatic rings. The first-order chi connectivity index (χ1) is 13.1. The number of hydrogen-bond acceptors (Lipinski definition) is 5. The van der Waals surface area contributed by atoms with Crippen LogP contribution in [0.5, 0.6) is 0 Å². The molecule has 0 saturated carbocycles. The van der Waals surface area contributed by atoms with Crippen molar-refractivity contribution in [2.45, 2.75) is 32.2 Å². The first-order valence-corrected chi connectivity index (χ1v) is 9.33. The number of fused-ring (bicyclic) bond motifs is 1. The lowest BCUT2D eigenvalue weighted by atomic mass is 10.0. The van der Waals surface area contributed by atoms with Crippen molar-refractivity contribution in [1.29, 1.82) is 0 Å². The van der Waals surface area contributed by atoms with Crippen LogP contribution in [-0.2, 0) is 11.2 Å². The minimum absolute atomic E-state index is 0.150. The summed E-state index contributed by atoms with van der Waals surface area (Å²) >= 11 is 0. The van der Waals surface area contributed by atoms with E-state index in [-0.39, 0.29) is 5.91 Å². The van der Waals surface area contributed by atoms with Crippen LogP contribution in [0.25, 0.3) is 5.65 Å². The summed E-state index contributed by atoms with van der Waals surface area (Å²) in [5, 5.41) is 8.13. The monoisotopic (exact) mass is 364 g/mol. The largest absolute Gasteiger partial charge is 0.355 e. The summed E-state index contributed by atoms with van der Waals surface area (Å²) in [4.78, 5) is 21.5. The topological polar surface area (TPSA) is 66.6 Å². The Morgan fingerprint density at radius 2 is 2.07 bits per heavy atom. The molecule has 140 valence electrons. The van der Waals surface area contributed by atoms with E-state index in [4.69, 9.17) is 0 Å². The number of piperidine rings is 1. The van der Waals surface area contributed by atoms with E-state index in [0.717, 1.165) is 48.7 Å². The molecule has 1 amide bonds. The average Bonchev–Trinajstić information content (AvgIpc) is 3.12. The maximum absolute atomic E-state index is 12.7. The molecule has 7 heteroatoms. The summed E-state index contributed by atoms with van der Waals surface area (Å²) in [5.74, 6) is 1.03. The van der Waals surface area contributed by atoms with E-state index in [1.54, 1.807) is 6.20 Å². The lowest BCUT2D eigenvalue weighted by Crippen LogP contribution is -2.46. The van der Waals surface area contributed by atoms with E-state index in [0.29, 0.717) is 12.5 Å². The normalized spacial score (nSPS) is 15.3. The van der Waals surface area contributed by atoms with Crippen LogP contribution in [0, 0.1) is 6.92 Å². The second-order valence-electron chi connectivity index (χ2n) is 7.14. The molecule has 7 nitrogen and oxygen atoms in total. The lowest BCUT2D eigenvalue weighted by Gasteiger charge is -2.37. The Morgan fingerprint density at radius 1 is 1.26 bits per heavy atom. The van der Waals surface area contributed by atoms with Crippen molar-refractivity contribution in [3.63, 3.8) is 0 Å². The Bertz CT molecular complexity index is 930. The van der Waals surface area contributed by atoms with Gasteiger partial charge >= 0.3 is 0 Å². The van der Waals surface area contributed by atoms with Crippen LogP contribution in [0.4, 0.5) is 5.82 Å². The van der Waals surface area contributed by atoms with Crippen molar-refractivity contribution in [2.75, 3.05) is 25.0 Å². The van der Waals surface area contributed by atoms with Gasteiger partial charge in [0.2, 0.25) is 5.91 Å². The summed E-state index contributed by atoms with van der Waals surface area (Å²) in [6.07, 6.45) is 7.82. The predicted octanol–water partition coefficient (Wildman–Crippen LogP) is 2.10. The van der Waals surface area contributed by atoms with Gasteiger partial charge in [-0.1, -0.05) is 6.07 Å². The standard InChI is InChI=1S/C20H24N6O/c1-15-5-4-10-26-14-16(22-20(15)26)13-19(27)25-11-7-17(8-12-25)24(2)18-6-3-9-21-23-18/h3-6,9-10,14,17H,7-8,11-13H2,1-2H3. The SMILES string of the molecule is Cc1cccn2cc(CC(=O)N3CCC(N(C)c4cccnn4)CC3)nc12. The highest BCUT2D eigenvalue weighted by Gasteiger charge is 2.26. The molecule has 27 heavy (non-hydrogen) atoms. The summed E-state index contributed by atoms with van der Waals surface area (Å²) < 4.78 is 1.99. The molecule has 0 bridgehead atoms. The molecule has 1 aliphatic heterocycles. The molecule has 0 aliphatic carbocycles. The van der Waals surface area contributed by atoms with Crippen LogP contribution in [0.3, 0.4) is 0 Å². The van der Waals surface area contributed by atoms with Crippen molar-refractivity contribution in [3.05, 3.63) is 54.1 Å². The first kappa shape index (κ1) is 17.5. The van der Waals surface area contributed by atoms with E-state index in [2.05, 4.69) is 20.1 Å². The molecule has 0 radical (unpaired) electrons. The maximum Gasteiger partial charge on any atom is 0.228 e. The third kappa shape index (κ3) is 3.63. The van der Waals surface area contributed by atoms with E-state index < -0.39 is 0 Å². The number of amides is 1. The molecule has 3 aromatic rings. The fourth-order valence-corrected chi connectivity index (χ4v) is 3.73. The van der Waals surface area contributed by atoms with Crippen LogP contribution >= 0.6 is 0 Å². The van der Waals surface area contributed by atoms with Gasteiger partial charge in [-0.05, 0) is 43.5 Å². The molecule has 0 N–H and O–H groups in total. The summed E-state index contributed by atoms with van der Waals surface area (Å²) in [7, 11) is 2.05. The molecule has 0 unspecified atom stereocenters. The lowest BCUT2D eigenvalue weighted by molar-refractivity contribution is -0.131. The van der Waals surface area contributed by atoms with Crippen molar-refractivity contribution in [2.24, 2.45) is 0 Å². The third-order valence-corrected chi connectivity index (χ3v) is 5.34. The third-order valence-electron chi connectivity index (χ3n) is 5.34. The van der Waals surface area contributed by atoms with E-state index >= 15 is 0 Å². The number of likely N-dealkylation sites (tertiary alicyclic amines) is 1. The fourth-order valence-electron chi connectivity index (χ4n) is 3.73. The molecule has 0 atom stereocenters. The van der Waals surface area contributed by atoms with Crippen molar-refractivity contribution in [1.82, 2.24) is 24.5 Å². The number of hydrogen-bond donors (Lipinski definition) is 0. The van der Waals surface area contributed by atoms with Crippen LogP contribution in [0.15, 0.2) is 42.9 Å². The average molecular weight is 364 g/mol. The van der Waals surface area contributed by atoms with Gasteiger partial charge in [0.15, 0.2) is 5.82 Å². The number of pyridine rings is 1. The molecular formula is C20H24N6O. The van der Waals surface area contributed by atoms with Crippen molar-refractivity contribution >= 4 is 17.4 Å². The number of rotatable bonds is 4. The Morgan fingerprint density at radius 3 is 2.78 bits per heavy atom. The zero-order valence-electron chi connectivity index (χ0n) is 15.7. The summed E-state index contributed by atoms with van der Waals surface area (Å²) in [6, 6.07) is 8.27. The van der Waals surface area contributed by atoms with Gasteiger partial charge in [-0.15, -0.1) is 5.10 Å². The van der Waals surface area contributed by atoms with Gasteiger partial charge in [0.05, 0.1) is 12.1 Å². The predicted molar refractivity (Wildman–Crippen MR) is 104 cm³/mol. The highest BCUT2D eigenvalue weighted by Crippen LogP contribution is 2.20. The molecule has 0 spiro atoms. The Hall–Kier alpha value is -2.96. The van der Waals surface area contributed by atoms with Crippen LogP contribution in [-0.4, -0.2) is 56.6 Å². The second-order valence-corrected chi connectivity index (χ2v) is 7.14. The number of aryl methyl sites for hydroxylation is 1.